The van der Waals surface area contributed by atoms with Gasteiger partial charge in [-0.1, -0.05) is 24.6 Å². The van der Waals surface area contributed by atoms with E-state index in [1.807, 2.05) is 31.2 Å². The lowest BCUT2D eigenvalue weighted by Crippen LogP contribution is -2.47. The van der Waals surface area contributed by atoms with Crippen LogP contribution in [0.2, 0.25) is 0 Å². The number of nitrogens with one attached hydrogen (secondary N) is 2. The number of carbonyl (C=O) groups is 2. The highest BCUT2D eigenvalue weighted by Gasteiger charge is 2.35. The largest absolute Gasteiger partial charge is 0.322 e. The van der Waals surface area contributed by atoms with Crippen LogP contribution in [0.15, 0.2) is 54.7 Å². The van der Waals surface area contributed by atoms with Crippen molar-refractivity contribution in [3.8, 4) is 6.07 Å². The Morgan fingerprint density at radius 3 is 2.71 bits per heavy atom. The number of nitriles is 1. The fraction of sp³-hybridized carbons (Fsp3) is 0.308. The van der Waals surface area contributed by atoms with Gasteiger partial charge in [-0.3, -0.25) is 14.3 Å². The molecule has 2 N–H and O–H groups in total. The molecule has 2 aromatic carbocycles. The van der Waals surface area contributed by atoms with Gasteiger partial charge in [0.05, 0.1) is 36.0 Å². The fourth-order valence-corrected chi connectivity index (χ4v) is 4.45. The van der Waals surface area contributed by atoms with Gasteiger partial charge in [-0.15, -0.1) is 0 Å². The molecule has 1 aliphatic carbocycles. The second-order valence-corrected chi connectivity index (χ2v) is 8.94. The summed E-state index contributed by atoms with van der Waals surface area (Å²) in [5.74, 6) is -0.691. The monoisotopic (exact) mass is 454 g/mol. The first kappa shape index (κ1) is 21.9. The zero-order valence-electron chi connectivity index (χ0n) is 19.0. The van der Waals surface area contributed by atoms with Crippen LogP contribution in [0.4, 0.5) is 11.4 Å². The predicted molar refractivity (Wildman–Crippen MR) is 129 cm³/mol. The van der Waals surface area contributed by atoms with Gasteiger partial charge >= 0.3 is 0 Å². The Kier molecular flexibility index (Phi) is 5.86. The van der Waals surface area contributed by atoms with E-state index in [-0.39, 0.29) is 23.2 Å². The Hall–Kier alpha value is -3.96. The molecule has 1 saturated carbocycles. The van der Waals surface area contributed by atoms with Crippen molar-refractivity contribution in [3.05, 3.63) is 77.1 Å². The van der Waals surface area contributed by atoms with Crippen LogP contribution < -0.4 is 15.5 Å². The van der Waals surface area contributed by atoms with Crippen LogP contribution in [-0.2, 0) is 13.1 Å². The predicted octanol–water partition coefficient (Wildman–Crippen LogP) is 3.70. The number of rotatable bonds is 6. The molecule has 2 heterocycles. The van der Waals surface area contributed by atoms with Crippen LogP contribution in [0.5, 0.6) is 0 Å². The number of carbonyl (C=O) groups excluding carboxylic acids is 2. The van der Waals surface area contributed by atoms with Crippen LogP contribution in [0.25, 0.3) is 0 Å². The molecule has 0 bridgehead atoms. The van der Waals surface area contributed by atoms with Gasteiger partial charge < -0.3 is 15.5 Å². The van der Waals surface area contributed by atoms with E-state index in [2.05, 4.69) is 21.8 Å². The van der Waals surface area contributed by atoms with Gasteiger partial charge in [0.15, 0.2) is 0 Å². The topological polar surface area (TPSA) is 103 Å². The molecule has 0 unspecified atom stereocenters. The van der Waals surface area contributed by atoms with Gasteiger partial charge in [-0.05, 0) is 55.7 Å². The molecule has 1 atom stereocenters. The highest BCUT2D eigenvalue weighted by molar-refractivity contribution is 6.15. The van der Waals surface area contributed by atoms with Crippen molar-refractivity contribution >= 4 is 23.2 Å². The van der Waals surface area contributed by atoms with Gasteiger partial charge in [0.1, 0.15) is 5.69 Å². The van der Waals surface area contributed by atoms with Crippen LogP contribution in [-0.4, -0.2) is 33.7 Å². The number of hydrogen-bond donors (Lipinski definition) is 2. The molecule has 172 valence electrons. The maximum atomic E-state index is 13.5. The Labute approximate surface area is 198 Å². The average molecular weight is 455 g/mol. The molecular formula is C26H26N6O2. The van der Waals surface area contributed by atoms with Gasteiger partial charge in [-0.25, -0.2) is 0 Å². The van der Waals surface area contributed by atoms with Crippen LogP contribution in [0.3, 0.4) is 0 Å². The molecule has 1 aromatic heterocycles. The van der Waals surface area contributed by atoms with E-state index >= 15 is 0 Å². The molecule has 0 saturated heterocycles. The molecule has 8 nitrogen and oxygen atoms in total. The minimum absolute atomic E-state index is 0.109. The minimum atomic E-state index is -0.434. The Balaban J connectivity index is 1.35. The Morgan fingerprint density at radius 1 is 1.21 bits per heavy atom. The summed E-state index contributed by atoms with van der Waals surface area (Å²) in [7, 11) is 0. The third-order valence-corrected chi connectivity index (χ3v) is 6.55. The summed E-state index contributed by atoms with van der Waals surface area (Å²) in [5, 5.41) is 19.7. The number of fused-ring (bicyclic) bond motifs is 1. The summed E-state index contributed by atoms with van der Waals surface area (Å²) in [6.07, 6.45) is 5.22. The first-order chi connectivity index (χ1) is 16.5. The zero-order valence-corrected chi connectivity index (χ0v) is 19.0. The van der Waals surface area contributed by atoms with E-state index in [9.17, 15) is 9.59 Å². The van der Waals surface area contributed by atoms with E-state index in [0.717, 1.165) is 12.2 Å². The number of anilines is 2. The highest BCUT2D eigenvalue weighted by atomic mass is 16.2. The van der Waals surface area contributed by atoms with E-state index in [4.69, 9.17) is 5.26 Å². The quantitative estimate of drug-likeness (QED) is 0.591. The molecule has 3 aromatic rings. The van der Waals surface area contributed by atoms with Crippen LogP contribution in [0, 0.1) is 11.3 Å². The Morgan fingerprint density at radius 2 is 2.00 bits per heavy atom. The van der Waals surface area contributed by atoms with E-state index < -0.39 is 5.91 Å². The second kappa shape index (κ2) is 9.12. The van der Waals surface area contributed by atoms with Crippen molar-refractivity contribution in [2.75, 3.05) is 10.2 Å². The molecular weight excluding hydrogens is 428 g/mol. The van der Waals surface area contributed by atoms with E-state index in [1.165, 1.54) is 31.0 Å². The van der Waals surface area contributed by atoms with Crippen molar-refractivity contribution in [3.63, 3.8) is 0 Å². The number of nitrogens with zero attached hydrogens (tertiary/aromatic N) is 4. The van der Waals surface area contributed by atoms with E-state index in [0.29, 0.717) is 23.8 Å². The summed E-state index contributed by atoms with van der Waals surface area (Å²) < 4.78 is 1.60. The van der Waals surface area contributed by atoms with Crippen LogP contribution in [0.1, 0.15) is 58.2 Å². The maximum Gasteiger partial charge on any atom is 0.277 e. The third kappa shape index (κ3) is 4.18. The molecule has 2 amide bonds. The molecule has 8 heteroatoms. The smallest absolute Gasteiger partial charge is 0.277 e. The van der Waals surface area contributed by atoms with Crippen molar-refractivity contribution in [2.45, 2.75) is 51.4 Å². The van der Waals surface area contributed by atoms with Crippen molar-refractivity contribution < 1.29 is 9.59 Å². The highest BCUT2D eigenvalue weighted by Crippen LogP contribution is 2.28. The summed E-state index contributed by atoms with van der Waals surface area (Å²) in [5.41, 5.74) is 3.39. The minimum Gasteiger partial charge on any atom is -0.322 e. The molecule has 5 rings (SSSR count). The lowest BCUT2D eigenvalue weighted by molar-refractivity contribution is 0.0933. The maximum absolute atomic E-state index is 13.5. The summed E-state index contributed by atoms with van der Waals surface area (Å²) >= 11 is 0. The van der Waals surface area contributed by atoms with Gasteiger partial charge in [0.2, 0.25) is 0 Å². The molecule has 2 aliphatic rings. The lowest BCUT2D eigenvalue weighted by atomic mass is 9.93. The Bertz CT molecular complexity index is 1270. The average Bonchev–Trinajstić information content (AvgIpc) is 3.23. The molecule has 0 spiro atoms. The molecule has 1 aliphatic heterocycles. The first-order valence-corrected chi connectivity index (χ1v) is 11.6. The number of hydrogen-bond acceptors (Lipinski definition) is 5. The SMILES string of the molecule is C[C@H]1Cn2ncc(C(=O)Nc3cccc(C#N)c3)c2C(=O)N1c1ccc(CNC2CCC2)cc1. The van der Waals surface area contributed by atoms with Crippen LogP contribution >= 0.6 is 0 Å². The summed E-state index contributed by atoms with van der Waals surface area (Å²) in [6.45, 7) is 3.28. The molecule has 1 fully saturated rings. The normalized spacial score (nSPS) is 17.6. The standard InChI is InChI=1S/C26H26N6O2/c1-17-16-31-24(23(15-29-31)25(33)30-21-7-2-4-19(12-21)13-27)26(34)32(17)22-10-8-18(9-11-22)14-28-20-5-3-6-20/h2,4,7-12,15,17,20,28H,3,5-6,14,16H2,1H3,(H,30,33)/t17-/m0/s1. The third-order valence-electron chi connectivity index (χ3n) is 6.55. The number of amides is 2. The van der Waals surface area contributed by atoms with Crippen molar-refractivity contribution in [1.29, 1.82) is 5.26 Å². The molecule has 0 radical (unpaired) electrons. The fourth-order valence-electron chi connectivity index (χ4n) is 4.45. The van der Waals surface area contributed by atoms with Gasteiger partial charge in [-0.2, -0.15) is 10.4 Å². The van der Waals surface area contributed by atoms with Gasteiger partial charge in [0.25, 0.3) is 11.8 Å². The van der Waals surface area contributed by atoms with Crippen molar-refractivity contribution in [2.24, 2.45) is 0 Å². The van der Waals surface area contributed by atoms with E-state index in [1.54, 1.807) is 33.8 Å². The number of benzene rings is 2. The summed E-state index contributed by atoms with van der Waals surface area (Å²) in [6, 6.07) is 17.2. The number of aromatic nitrogens is 2. The zero-order chi connectivity index (χ0) is 23.7. The first-order valence-electron chi connectivity index (χ1n) is 11.6. The van der Waals surface area contributed by atoms with Gasteiger partial charge in [0, 0.05) is 24.0 Å². The second-order valence-electron chi connectivity index (χ2n) is 8.94. The summed E-state index contributed by atoms with van der Waals surface area (Å²) in [4.78, 5) is 28.3. The van der Waals surface area contributed by atoms with Crippen molar-refractivity contribution in [1.82, 2.24) is 15.1 Å². The molecule has 34 heavy (non-hydrogen) atoms. The lowest BCUT2D eigenvalue weighted by Gasteiger charge is -2.34.